The Morgan fingerprint density at radius 2 is 1.67 bits per heavy atom. The maximum atomic E-state index is 14.6. The van der Waals surface area contributed by atoms with Crippen molar-refractivity contribution in [3.63, 3.8) is 0 Å². The van der Waals surface area contributed by atoms with Gasteiger partial charge in [-0.05, 0) is 49.9 Å². The van der Waals surface area contributed by atoms with Crippen LogP contribution in [0.2, 0.25) is 0 Å². The van der Waals surface area contributed by atoms with Gasteiger partial charge in [0, 0.05) is 24.8 Å². The Bertz CT molecular complexity index is 1730. The number of carbonyl (C=O) groups is 4. The Hall–Kier alpha value is -5.45. The third-order valence-corrected chi connectivity index (χ3v) is 7.71. The number of nitrogens with one attached hydrogen (secondary N) is 3. The minimum absolute atomic E-state index is 0.0832. The predicted octanol–water partition coefficient (Wildman–Crippen LogP) is 3.77. The number of rotatable bonds is 3. The topological polar surface area (TPSA) is 133 Å². The van der Waals surface area contributed by atoms with E-state index >= 15 is 0 Å². The van der Waals surface area contributed by atoms with Gasteiger partial charge in [-0.25, -0.2) is 14.4 Å². The minimum atomic E-state index is -1.04. The van der Waals surface area contributed by atoms with Crippen LogP contribution in [0.15, 0.2) is 85.1 Å². The summed E-state index contributed by atoms with van der Waals surface area (Å²) in [4.78, 5) is 64.3. The number of hydrogen-bond donors (Lipinski definition) is 3. The normalized spacial score (nSPS) is 18.2. The first-order valence-corrected chi connectivity index (χ1v) is 15.1. The molecule has 2 bridgehead atoms. The summed E-state index contributed by atoms with van der Waals surface area (Å²) in [6.07, 6.45) is 2.43. The van der Waals surface area contributed by atoms with E-state index in [4.69, 9.17) is 0 Å². The van der Waals surface area contributed by atoms with Crippen molar-refractivity contribution in [1.82, 2.24) is 30.8 Å². The zero-order valence-electron chi connectivity index (χ0n) is 25.6. The van der Waals surface area contributed by atoms with Gasteiger partial charge < -0.3 is 20.9 Å². The molecule has 2 atom stereocenters. The van der Waals surface area contributed by atoms with Crippen molar-refractivity contribution in [2.24, 2.45) is 0 Å². The van der Waals surface area contributed by atoms with Gasteiger partial charge in [-0.15, -0.1) is 0 Å². The van der Waals surface area contributed by atoms with Gasteiger partial charge in [0.05, 0.1) is 29.4 Å². The van der Waals surface area contributed by atoms with E-state index in [0.717, 1.165) is 0 Å². The Morgan fingerprint density at radius 3 is 2.41 bits per heavy atom. The van der Waals surface area contributed by atoms with Crippen LogP contribution in [0.1, 0.15) is 57.1 Å². The summed E-state index contributed by atoms with van der Waals surface area (Å²) in [5.41, 5.74) is 2.55. The molecule has 0 unspecified atom stereocenters. The molecule has 3 N–H and O–H groups in total. The van der Waals surface area contributed by atoms with Crippen LogP contribution in [0.4, 0.5) is 4.39 Å². The van der Waals surface area contributed by atoms with Crippen LogP contribution in [0.5, 0.6) is 0 Å². The maximum absolute atomic E-state index is 14.6. The van der Waals surface area contributed by atoms with E-state index in [0.29, 0.717) is 47.6 Å². The molecule has 4 aromatic rings. The van der Waals surface area contributed by atoms with E-state index in [-0.39, 0.29) is 24.2 Å². The maximum Gasteiger partial charge on any atom is 0.258 e. The van der Waals surface area contributed by atoms with Crippen molar-refractivity contribution >= 4 is 23.6 Å². The largest absolute Gasteiger partial charge is 0.355 e. The molecule has 1 aromatic heterocycles. The summed E-state index contributed by atoms with van der Waals surface area (Å²) < 4.78 is 14.6. The number of hydrogen-bond acceptors (Lipinski definition) is 6. The average Bonchev–Trinajstić information content (AvgIpc) is 3.06. The Morgan fingerprint density at radius 1 is 0.957 bits per heavy atom. The molecule has 5 rings (SSSR count). The summed E-state index contributed by atoms with van der Waals surface area (Å²) in [5.74, 6) is -2.38. The van der Waals surface area contributed by atoms with Crippen molar-refractivity contribution < 1.29 is 23.6 Å². The highest BCUT2D eigenvalue weighted by Crippen LogP contribution is 2.24. The Balaban J connectivity index is 1.52. The molecule has 0 aliphatic carbocycles. The highest BCUT2D eigenvalue weighted by atomic mass is 19.1. The molecular formula is C35H35FN6O4. The number of carbonyl (C=O) groups excluding carboxylic acids is 4. The number of halogens is 1. The number of benzene rings is 3. The molecule has 10 nitrogen and oxygen atoms in total. The first-order chi connectivity index (χ1) is 22.2. The summed E-state index contributed by atoms with van der Waals surface area (Å²) in [7, 11) is 0. The van der Waals surface area contributed by atoms with E-state index in [9.17, 15) is 23.6 Å². The first kappa shape index (κ1) is 32.0. The zero-order chi connectivity index (χ0) is 32.6. The van der Waals surface area contributed by atoms with Crippen LogP contribution in [-0.4, -0.2) is 64.2 Å². The van der Waals surface area contributed by atoms with E-state index in [2.05, 4.69) is 25.9 Å². The molecule has 46 heavy (non-hydrogen) atoms. The first-order valence-electron chi connectivity index (χ1n) is 15.1. The molecule has 2 heterocycles. The summed E-state index contributed by atoms with van der Waals surface area (Å²) >= 11 is 0. The quantitative estimate of drug-likeness (QED) is 0.319. The standard InChI is InChI=1S/C35H35FN6O4/c1-22-33(44)41-30(25-11-5-3-6-12-25)20-42(35(46)28-19-38-23(2)40-32(28)26-13-7-4-8-14-26)21-31(43)37-17-9-10-24-15-16-29(36)27(18-24)34(45)39-22/h3-8,11-16,18-19,22,30H,9-10,17,20-21H2,1-2H3,(H,37,43)(H,39,45)(H,41,44)/t22-,30-/m1/s1. The highest BCUT2D eigenvalue weighted by Gasteiger charge is 2.29. The van der Waals surface area contributed by atoms with E-state index in [1.807, 2.05) is 36.4 Å². The van der Waals surface area contributed by atoms with Gasteiger partial charge in [0.15, 0.2) is 0 Å². The number of aromatic nitrogens is 2. The van der Waals surface area contributed by atoms with Gasteiger partial charge >= 0.3 is 0 Å². The average molecular weight is 623 g/mol. The van der Waals surface area contributed by atoms with E-state index in [1.165, 1.54) is 30.2 Å². The second-order valence-electron chi connectivity index (χ2n) is 11.2. The van der Waals surface area contributed by atoms with Gasteiger partial charge in [-0.2, -0.15) is 0 Å². The molecule has 1 aliphatic rings. The van der Waals surface area contributed by atoms with Crippen LogP contribution < -0.4 is 16.0 Å². The van der Waals surface area contributed by atoms with E-state index in [1.54, 1.807) is 37.3 Å². The fraction of sp³-hybridized carbons (Fsp3) is 0.257. The van der Waals surface area contributed by atoms with Gasteiger partial charge in [0.25, 0.3) is 11.8 Å². The molecule has 1 aliphatic heterocycles. The molecule has 0 spiro atoms. The number of aryl methyl sites for hydroxylation is 2. The fourth-order valence-corrected chi connectivity index (χ4v) is 5.26. The highest BCUT2D eigenvalue weighted by molar-refractivity contribution is 6.01. The van der Waals surface area contributed by atoms with Crippen LogP contribution in [0.3, 0.4) is 0 Å². The number of fused-ring (bicyclic) bond motifs is 2. The van der Waals surface area contributed by atoms with Crippen molar-refractivity contribution in [3.8, 4) is 11.3 Å². The molecule has 0 fully saturated rings. The molecule has 236 valence electrons. The van der Waals surface area contributed by atoms with E-state index < -0.39 is 41.5 Å². The van der Waals surface area contributed by atoms with Crippen LogP contribution in [0.25, 0.3) is 11.3 Å². The summed E-state index contributed by atoms with van der Waals surface area (Å²) in [6, 6.07) is 20.7. The zero-order valence-corrected chi connectivity index (χ0v) is 25.6. The summed E-state index contributed by atoms with van der Waals surface area (Å²) in [6.45, 7) is 3.14. The lowest BCUT2D eigenvalue weighted by molar-refractivity contribution is -0.123. The van der Waals surface area contributed by atoms with Crippen LogP contribution >= 0.6 is 0 Å². The van der Waals surface area contributed by atoms with Gasteiger partial charge in [0.2, 0.25) is 11.8 Å². The molecule has 0 saturated carbocycles. The van der Waals surface area contributed by atoms with Gasteiger partial charge in [0.1, 0.15) is 17.7 Å². The molecule has 0 saturated heterocycles. The van der Waals surface area contributed by atoms with Crippen LogP contribution in [-0.2, 0) is 16.0 Å². The lowest BCUT2D eigenvalue weighted by Crippen LogP contribution is -2.50. The van der Waals surface area contributed by atoms with Gasteiger partial charge in [-0.3, -0.25) is 19.2 Å². The molecule has 0 radical (unpaired) electrons. The lowest BCUT2D eigenvalue weighted by Gasteiger charge is -2.29. The Labute approximate surface area is 266 Å². The second kappa shape index (κ2) is 14.6. The van der Waals surface area contributed by atoms with Gasteiger partial charge in [-0.1, -0.05) is 66.7 Å². The molecule has 4 amide bonds. The third kappa shape index (κ3) is 7.79. The number of amides is 4. The molecular weight excluding hydrogens is 587 g/mol. The number of nitrogens with zero attached hydrogens (tertiary/aromatic N) is 3. The SMILES string of the molecule is Cc1ncc(C(=O)N2CC(=O)NCCCc3ccc(F)c(c3)C(=O)N[C@H](C)C(=O)N[C@@H](c3ccccc3)C2)c(-c2ccccc2)n1. The monoisotopic (exact) mass is 622 g/mol. The Kier molecular flexibility index (Phi) is 10.1. The summed E-state index contributed by atoms with van der Waals surface area (Å²) in [5, 5.41) is 8.37. The minimum Gasteiger partial charge on any atom is -0.355 e. The van der Waals surface area contributed by atoms with Crippen molar-refractivity contribution in [2.75, 3.05) is 19.6 Å². The predicted molar refractivity (Wildman–Crippen MR) is 170 cm³/mol. The van der Waals surface area contributed by atoms with Crippen molar-refractivity contribution in [3.05, 3.63) is 119 Å². The van der Waals surface area contributed by atoms with Crippen molar-refractivity contribution in [1.29, 1.82) is 0 Å². The smallest absolute Gasteiger partial charge is 0.258 e. The fourth-order valence-electron chi connectivity index (χ4n) is 5.26. The van der Waals surface area contributed by atoms with Crippen LogP contribution in [0, 0.1) is 12.7 Å². The van der Waals surface area contributed by atoms with Crippen molar-refractivity contribution in [2.45, 2.75) is 38.8 Å². The molecule has 3 aromatic carbocycles. The second-order valence-corrected chi connectivity index (χ2v) is 11.2. The lowest BCUT2D eigenvalue weighted by atomic mass is 10.0. The molecule has 11 heteroatoms. The third-order valence-electron chi connectivity index (χ3n) is 7.71.